The van der Waals surface area contributed by atoms with Crippen LogP contribution in [0.5, 0.6) is 0 Å². The van der Waals surface area contributed by atoms with Crippen molar-refractivity contribution in [2.75, 3.05) is 0 Å². The molecule has 0 amide bonds. The Morgan fingerprint density at radius 2 is 1.80 bits per heavy atom. The van der Waals surface area contributed by atoms with E-state index in [2.05, 4.69) is 30.3 Å². The number of nitrogens with zero attached hydrogens (tertiary/aromatic N) is 2. The monoisotopic (exact) mass is 317 g/mol. The van der Waals surface area contributed by atoms with E-state index >= 15 is 0 Å². The highest BCUT2D eigenvalue weighted by Gasteiger charge is 2.40. The van der Waals surface area contributed by atoms with Crippen LogP contribution in [0, 0.1) is 6.92 Å². The highest BCUT2D eigenvalue weighted by atomic mass is 32.2. The maximum Gasteiger partial charge on any atom is 0.254 e. The molecular weight excluding hydrogens is 290 g/mol. The first-order valence-corrected chi connectivity index (χ1v) is 11.4. The Labute approximate surface area is 123 Å². The van der Waals surface area contributed by atoms with E-state index in [-0.39, 0.29) is 16.1 Å². The molecule has 0 aliphatic carbocycles. The van der Waals surface area contributed by atoms with Gasteiger partial charge in [-0.15, -0.1) is 0 Å². The molecule has 1 N–H and O–H groups in total. The quantitative estimate of drug-likeness (QED) is 0.868. The number of aryl methyl sites for hydroxylation is 1. The molecule has 5 nitrogen and oxygen atoms in total. The molecule has 7 heteroatoms. The fourth-order valence-electron chi connectivity index (χ4n) is 1.53. The van der Waals surface area contributed by atoms with E-state index in [9.17, 15) is 8.42 Å². The van der Waals surface area contributed by atoms with Crippen LogP contribution in [-0.4, -0.2) is 26.4 Å². The van der Waals surface area contributed by atoms with E-state index in [1.807, 2.05) is 26.9 Å². The third-order valence-corrected chi connectivity index (χ3v) is 11.7. The summed E-state index contributed by atoms with van der Waals surface area (Å²) in [5.74, 6) is 0. The van der Waals surface area contributed by atoms with Crippen LogP contribution in [0.25, 0.3) is 0 Å². The Balaban J connectivity index is 3.19. The molecule has 1 heterocycles. The Morgan fingerprint density at radius 1 is 1.30 bits per heavy atom. The van der Waals surface area contributed by atoms with Crippen LogP contribution in [0.15, 0.2) is 11.2 Å². The van der Waals surface area contributed by atoms with Crippen LogP contribution >= 0.6 is 0 Å². The molecule has 0 aliphatic rings. The van der Waals surface area contributed by atoms with Gasteiger partial charge < -0.3 is 0 Å². The van der Waals surface area contributed by atoms with E-state index in [1.165, 1.54) is 0 Å². The van der Waals surface area contributed by atoms with Crippen molar-refractivity contribution in [2.24, 2.45) is 0 Å². The van der Waals surface area contributed by atoms with Crippen molar-refractivity contribution in [3.05, 3.63) is 11.8 Å². The molecule has 0 saturated carbocycles. The zero-order chi connectivity index (χ0) is 15.9. The second-order valence-corrected chi connectivity index (χ2v) is 14.1. The predicted octanol–water partition coefficient (Wildman–Crippen LogP) is 3.06. The highest BCUT2D eigenvalue weighted by molar-refractivity contribution is 7.91. The molecule has 0 atom stereocenters. The second kappa shape index (κ2) is 5.27. The van der Waals surface area contributed by atoms with Gasteiger partial charge in [-0.1, -0.05) is 33.9 Å². The number of nitrogens with one attached hydrogen (secondary N) is 1. The molecule has 0 aliphatic heterocycles. The summed E-state index contributed by atoms with van der Waals surface area (Å²) in [5.41, 5.74) is 0.685. The molecule has 0 spiro atoms. The van der Waals surface area contributed by atoms with Gasteiger partial charge in [-0.25, -0.2) is 12.8 Å². The van der Waals surface area contributed by atoms with E-state index in [4.69, 9.17) is 0 Å². The summed E-state index contributed by atoms with van der Waals surface area (Å²) in [5, 5.41) is 4.32. The smallest absolute Gasteiger partial charge is 0.254 e. The minimum Gasteiger partial charge on any atom is -0.269 e. The number of hydrogen-bond donors (Lipinski definition) is 1. The van der Waals surface area contributed by atoms with Gasteiger partial charge in [0.1, 0.15) is 8.24 Å². The third kappa shape index (κ3) is 3.50. The molecular formula is C13H27N3O2SSi. The van der Waals surface area contributed by atoms with Crippen molar-refractivity contribution < 1.29 is 8.42 Å². The summed E-state index contributed by atoms with van der Waals surface area (Å²) < 4.78 is 29.8. The summed E-state index contributed by atoms with van der Waals surface area (Å²) in [7, 11) is -5.72. The van der Waals surface area contributed by atoms with Gasteiger partial charge in [0.25, 0.3) is 10.0 Å². The fourth-order valence-corrected chi connectivity index (χ4v) is 6.51. The predicted molar refractivity (Wildman–Crippen MR) is 84.9 cm³/mol. The molecule has 1 aromatic rings. The van der Waals surface area contributed by atoms with Crippen molar-refractivity contribution in [1.29, 1.82) is 0 Å². The van der Waals surface area contributed by atoms with Crippen LogP contribution < -0.4 is 4.39 Å². The summed E-state index contributed by atoms with van der Waals surface area (Å²) in [6, 6.07) is 0.144. The van der Waals surface area contributed by atoms with Gasteiger partial charge >= 0.3 is 0 Å². The van der Waals surface area contributed by atoms with Gasteiger partial charge in [-0.3, -0.25) is 4.68 Å². The molecule has 0 unspecified atom stereocenters. The van der Waals surface area contributed by atoms with Gasteiger partial charge in [0.05, 0.1) is 0 Å². The van der Waals surface area contributed by atoms with Crippen LogP contribution in [0.2, 0.25) is 18.1 Å². The number of hydrogen-bond acceptors (Lipinski definition) is 3. The minimum absolute atomic E-state index is 0.0609. The van der Waals surface area contributed by atoms with Crippen molar-refractivity contribution >= 4 is 18.3 Å². The van der Waals surface area contributed by atoms with Crippen LogP contribution in [0.1, 0.15) is 46.2 Å². The average Bonchev–Trinajstić information content (AvgIpc) is 2.57. The van der Waals surface area contributed by atoms with Crippen LogP contribution in [0.4, 0.5) is 0 Å². The van der Waals surface area contributed by atoms with E-state index in [0.717, 1.165) is 0 Å². The second-order valence-electron chi connectivity index (χ2n) is 7.17. The lowest BCUT2D eigenvalue weighted by Crippen LogP contribution is -2.54. The molecule has 0 radical (unpaired) electrons. The van der Waals surface area contributed by atoms with Crippen LogP contribution in [0.3, 0.4) is 0 Å². The Hall–Kier alpha value is -0.663. The van der Waals surface area contributed by atoms with E-state index < -0.39 is 18.3 Å². The zero-order valence-corrected chi connectivity index (χ0v) is 15.6. The summed E-state index contributed by atoms with van der Waals surface area (Å²) >= 11 is 0. The van der Waals surface area contributed by atoms with Crippen molar-refractivity contribution in [1.82, 2.24) is 14.2 Å². The van der Waals surface area contributed by atoms with E-state index in [0.29, 0.717) is 5.56 Å². The van der Waals surface area contributed by atoms with Gasteiger partial charge in [0.15, 0.2) is 5.03 Å². The number of aromatic nitrogens is 2. The van der Waals surface area contributed by atoms with Gasteiger partial charge in [-0.2, -0.15) is 5.10 Å². The summed E-state index contributed by atoms with van der Waals surface area (Å²) in [6.07, 6.45) is 1.78. The lowest BCUT2D eigenvalue weighted by molar-refractivity contribution is 0.515. The number of sulfonamides is 1. The molecule has 116 valence electrons. The molecule has 0 fully saturated rings. The number of rotatable bonds is 4. The molecule has 1 rings (SSSR count). The molecule has 0 bridgehead atoms. The zero-order valence-electron chi connectivity index (χ0n) is 13.8. The van der Waals surface area contributed by atoms with Crippen molar-refractivity contribution in [2.45, 2.75) is 70.7 Å². The molecule has 1 aromatic heterocycles. The summed E-state index contributed by atoms with van der Waals surface area (Å²) in [6.45, 7) is 16.0. The summed E-state index contributed by atoms with van der Waals surface area (Å²) in [4.78, 5) is 0. The standard InChI is InChI=1S/C13H27N3O2SSi/c1-10(2)16-9-11(3)12(14-16)19(17,18)15-20(7,8)13(4,5)6/h9-10,15H,1-8H3. The normalized spacial score (nSPS) is 14.1. The Kier molecular flexibility index (Phi) is 4.58. The van der Waals surface area contributed by atoms with Gasteiger partial charge in [-0.05, 0) is 25.8 Å². The third-order valence-electron chi connectivity index (χ3n) is 3.92. The average molecular weight is 318 g/mol. The topological polar surface area (TPSA) is 64.0 Å². The van der Waals surface area contributed by atoms with Crippen molar-refractivity contribution in [3.63, 3.8) is 0 Å². The maximum atomic E-state index is 12.6. The molecule has 0 aromatic carbocycles. The first-order chi connectivity index (χ1) is 8.78. The SMILES string of the molecule is Cc1cn(C(C)C)nc1S(=O)(=O)N[Si](C)(C)C(C)(C)C. The van der Waals surface area contributed by atoms with E-state index in [1.54, 1.807) is 17.8 Å². The van der Waals surface area contributed by atoms with Crippen molar-refractivity contribution in [3.8, 4) is 0 Å². The first-order valence-electron chi connectivity index (χ1n) is 6.87. The molecule has 20 heavy (non-hydrogen) atoms. The lowest BCUT2D eigenvalue weighted by atomic mass is 10.2. The molecule has 0 saturated heterocycles. The largest absolute Gasteiger partial charge is 0.269 e. The maximum absolute atomic E-state index is 12.6. The first kappa shape index (κ1) is 17.4. The van der Waals surface area contributed by atoms with Gasteiger partial charge in [0.2, 0.25) is 0 Å². The van der Waals surface area contributed by atoms with Gasteiger partial charge in [0, 0.05) is 17.8 Å². The fraction of sp³-hybridized carbons (Fsp3) is 0.769. The lowest BCUT2D eigenvalue weighted by Gasteiger charge is -2.36. The highest BCUT2D eigenvalue weighted by Crippen LogP contribution is 2.35. The Morgan fingerprint density at radius 3 is 2.15 bits per heavy atom. The minimum atomic E-state index is -3.56. The van der Waals surface area contributed by atoms with Crippen LogP contribution in [-0.2, 0) is 10.0 Å². The Bertz CT molecular complexity index is 583.